The second-order valence-corrected chi connectivity index (χ2v) is 6.44. The van der Waals surface area contributed by atoms with E-state index >= 15 is 0 Å². The van der Waals surface area contributed by atoms with E-state index in [1.807, 2.05) is 26.0 Å². The standard InChI is InChI=1S/C19H23ClN2O2.C2H6/c20-16-2-4-17(5-3-16)22-13-11-21(12-14-22)10-1-15-24-19-8-6-18(23)7-9-19;1-2/h2-9,23H,1,10-15H2;1-2H3. The van der Waals surface area contributed by atoms with Gasteiger partial charge in [0, 0.05) is 43.4 Å². The van der Waals surface area contributed by atoms with Crippen LogP contribution in [0.1, 0.15) is 20.3 Å². The van der Waals surface area contributed by atoms with Crippen LogP contribution in [0.4, 0.5) is 5.69 Å². The molecule has 0 radical (unpaired) electrons. The second kappa shape index (κ2) is 10.9. The number of phenols is 1. The summed E-state index contributed by atoms with van der Waals surface area (Å²) in [5.74, 6) is 1.07. The van der Waals surface area contributed by atoms with Crippen molar-refractivity contribution in [2.24, 2.45) is 0 Å². The fourth-order valence-electron chi connectivity index (χ4n) is 2.90. The van der Waals surface area contributed by atoms with E-state index in [0.717, 1.165) is 49.9 Å². The van der Waals surface area contributed by atoms with Crippen LogP contribution in [0.3, 0.4) is 0 Å². The van der Waals surface area contributed by atoms with Gasteiger partial charge in [-0.15, -0.1) is 0 Å². The molecule has 0 bridgehead atoms. The Morgan fingerprint density at radius 1 is 0.923 bits per heavy atom. The molecule has 1 heterocycles. The van der Waals surface area contributed by atoms with E-state index in [0.29, 0.717) is 6.61 Å². The van der Waals surface area contributed by atoms with E-state index in [1.165, 1.54) is 5.69 Å². The number of hydrogen-bond donors (Lipinski definition) is 1. The van der Waals surface area contributed by atoms with Gasteiger partial charge >= 0.3 is 0 Å². The molecular weight excluding hydrogens is 348 g/mol. The fraction of sp³-hybridized carbons (Fsp3) is 0.429. The topological polar surface area (TPSA) is 35.9 Å². The molecule has 3 rings (SSSR count). The number of halogens is 1. The monoisotopic (exact) mass is 376 g/mol. The summed E-state index contributed by atoms with van der Waals surface area (Å²) in [5, 5.41) is 10.0. The summed E-state index contributed by atoms with van der Waals surface area (Å²) in [4.78, 5) is 4.88. The molecular formula is C21H29ClN2O2. The first kappa shape index (κ1) is 20.4. The lowest BCUT2D eigenvalue weighted by Crippen LogP contribution is -2.46. The molecule has 0 aliphatic carbocycles. The number of anilines is 1. The number of phenolic OH excluding ortho intramolecular Hbond substituents is 1. The van der Waals surface area contributed by atoms with Crippen molar-refractivity contribution in [3.63, 3.8) is 0 Å². The highest BCUT2D eigenvalue weighted by molar-refractivity contribution is 6.30. The predicted octanol–water partition coefficient (Wildman–Crippen LogP) is 4.66. The van der Waals surface area contributed by atoms with Gasteiger partial charge in [0.25, 0.3) is 0 Å². The Kier molecular flexibility index (Phi) is 8.59. The van der Waals surface area contributed by atoms with Gasteiger partial charge in [-0.05, 0) is 55.0 Å². The zero-order chi connectivity index (χ0) is 18.8. The third-order valence-corrected chi connectivity index (χ3v) is 4.54. The fourth-order valence-corrected chi connectivity index (χ4v) is 3.03. The van der Waals surface area contributed by atoms with Crippen molar-refractivity contribution in [2.75, 3.05) is 44.2 Å². The Hall–Kier alpha value is -1.91. The molecule has 1 N–H and O–H groups in total. The SMILES string of the molecule is CC.Oc1ccc(OCCCN2CCN(c3ccc(Cl)cc3)CC2)cc1. The van der Waals surface area contributed by atoms with Crippen LogP contribution in [0.2, 0.25) is 5.02 Å². The van der Waals surface area contributed by atoms with Gasteiger partial charge in [-0.3, -0.25) is 4.90 Å². The number of hydrogen-bond acceptors (Lipinski definition) is 4. The number of nitrogens with zero attached hydrogens (tertiary/aromatic N) is 2. The van der Waals surface area contributed by atoms with Gasteiger partial charge in [0.05, 0.1) is 6.61 Å². The highest BCUT2D eigenvalue weighted by atomic mass is 35.5. The Morgan fingerprint density at radius 2 is 1.54 bits per heavy atom. The van der Waals surface area contributed by atoms with Crippen LogP contribution in [-0.4, -0.2) is 49.3 Å². The maximum absolute atomic E-state index is 9.24. The third-order valence-electron chi connectivity index (χ3n) is 4.29. The van der Waals surface area contributed by atoms with Crippen molar-refractivity contribution in [3.05, 3.63) is 53.6 Å². The van der Waals surface area contributed by atoms with Gasteiger partial charge in [0.15, 0.2) is 0 Å². The largest absolute Gasteiger partial charge is 0.508 e. The van der Waals surface area contributed by atoms with Gasteiger partial charge in [0.2, 0.25) is 0 Å². The first-order valence-corrected chi connectivity index (χ1v) is 9.73. The molecule has 0 atom stereocenters. The first-order valence-electron chi connectivity index (χ1n) is 9.35. The average Bonchev–Trinajstić information content (AvgIpc) is 2.69. The van der Waals surface area contributed by atoms with Crippen LogP contribution < -0.4 is 9.64 Å². The smallest absolute Gasteiger partial charge is 0.119 e. The molecule has 4 nitrogen and oxygen atoms in total. The molecule has 0 unspecified atom stereocenters. The first-order chi connectivity index (χ1) is 12.7. The molecule has 0 aromatic heterocycles. The number of benzene rings is 2. The zero-order valence-corrected chi connectivity index (χ0v) is 16.5. The molecule has 2 aromatic rings. The zero-order valence-electron chi connectivity index (χ0n) is 15.7. The molecule has 0 amide bonds. The maximum Gasteiger partial charge on any atom is 0.119 e. The summed E-state index contributed by atoms with van der Waals surface area (Å²) in [7, 11) is 0. The van der Waals surface area contributed by atoms with E-state index in [9.17, 15) is 5.11 Å². The quantitative estimate of drug-likeness (QED) is 0.743. The minimum absolute atomic E-state index is 0.265. The van der Waals surface area contributed by atoms with Gasteiger partial charge in [-0.25, -0.2) is 0 Å². The maximum atomic E-state index is 9.24. The Balaban J connectivity index is 0.00000117. The van der Waals surface area contributed by atoms with Crippen molar-refractivity contribution < 1.29 is 9.84 Å². The molecule has 26 heavy (non-hydrogen) atoms. The minimum atomic E-state index is 0.265. The number of aromatic hydroxyl groups is 1. The van der Waals surface area contributed by atoms with Crippen molar-refractivity contribution in [1.29, 1.82) is 0 Å². The molecule has 142 valence electrons. The third kappa shape index (κ3) is 6.43. The lowest BCUT2D eigenvalue weighted by atomic mass is 10.2. The highest BCUT2D eigenvalue weighted by Crippen LogP contribution is 2.19. The normalized spacial score (nSPS) is 14.5. The molecule has 1 aliphatic rings. The van der Waals surface area contributed by atoms with E-state index in [2.05, 4.69) is 21.9 Å². The highest BCUT2D eigenvalue weighted by Gasteiger charge is 2.16. The summed E-state index contributed by atoms with van der Waals surface area (Å²) in [6.07, 6.45) is 1.00. The summed E-state index contributed by atoms with van der Waals surface area (Å²) in [6.45, 7) is 9.97. The summed E-state index contributed by atoms with van der Waals surface area (Å²) in [5.41, 5.74) is 1.25. The Morgan fingerprint density at radius 3 is 2.15 bits per heavy atom. The van der Waals surface area contributed by atoms with Crippen LogP contribution in [0.25, 0.3) is 0 Å². The number of piperazine rings is 1. The van der Waals surface area contributed by atoms with Crippen LogP contribution in [0.15, 0.2) is 48.5 Å². The second-order valence-electron chi connectivity index (χ2n) is 6.00. The number of ether oxygens (including phenoxy) is 1. The summed E-state index contributed by atoms with van der Waals surface area (Å²) < 4.78 is 5.69. The van der Waals surface area contributed by atoms with Gasteiger partial charge in [0.1, 0.15) is 11.5 Å². The molecule has 0 saturated carbocycles. The van der Waals surface area contributed by atoms with Gasteiger partial charge < -0.3 is 14.7 Å². The van der Waals surface area contributed by atoms with E-state index in [-0.39, 0.29) is 5.75 Å². The van der Waals surface area contributed by atoms with E-state index in [1.54, 1.807) is 24.3 Å². The number of rotatable bonds is 6. The van der Waals surface area contributed by atoms with Crippen molar-refractivity contribution >= 4 is 17.3 Å². The molecule has 1 saturated heterocycles. The molecule has 1 fully saturated rings. The average molecular weight is 377 g/mol. The van der Waals surface area contributed by atoms with E-state index < -0.39 is 0 Å². The molecule has 1 aliphatic heterocycles. The lowest BCUT2D eigenvalue weighted by molar-refractivity contribution is 0.224. The Bertz CT molecular complexity index is 623. The van der Waals surface area contributed by atoms with Crippen LogP contribution in [-0.2, 0) is 0 Å². The van der Waals surface area contributed by atoms with Gasteiger partial charge in [-0.2, -0.15) is 0 Å². The van der Waals surface area contributed by atoms with Gasteiger partial charge in [-0.1, -0.05) is 25.4 Å². The van der Waals surface area contributed by atoms with Crippen molar-refractivity contribution in [1.82, 2.24) is 4.90 Å². The molecule has 5 heteroatoms. The summed E-state index contributed by atoms with van der Waals surface area (Å²) >= 11 is 5.95. The minimum Gasteiger partial charge on any atom is -0.508 e. The molecule has 0 spiro atoms. The lowest BCUT2D eigenvalue weighted by Gasteiger charge is -2.36. The van der Waals surface area contributed by atoms with Crippen LogP contribution >= 0.6 is 11.6 Å². The van der Waals surface area contributed by atoms with Crippen LogP contribution in [0, 0.1) is 0 Å². The molecule has 2 aromatic carbocycles. The van der Waals surface area contributed by atoms with Crippen molar-refractivity contribution in [3.8, 4) is 11.5 Å². The predicted molar refractivity (Wildman–Crippen MR) is 110 cm³/mol. The van der Waals surface area contributed by atoms with Crippen LogP contribution in [0.5, 0.6) is 11.5 Å². The Labute approximate surface area is 162 Å². The summed E-state index contributed by atoms with van der Waals surface area (Å²) in [6, 6.07) is 14.9. The van der Waals surface area contributed by atoms with E-state index in [4.69, 9.17) is 16.3 Å². The van der Waals surface area contributed by atoms with Crippen molar-refractivity contribution in [2.45, 2.75) is 20.3 Å².